The third-order valence-electron chi connectivity index (χ3n) is 5.14. The third kappa shape index (κ3) is 4.39. The van der Waals surface area contributed by atoms with Crippen molar-refractivity contribution in [3.8, 4) is 0 Å². The standard InChI is InChI=1S/C22H15Cl2FN2O5S/c23-17-6-4-15(11-18(17)24)33(31,32)27-8-7-12-1-2-13(9-20(12)27)21(28)26-14-3-5-16(22(29)30)19(25)10-14/h1-6,9-11H,7-8H2,(H,26,28)(H,29,30). The fourth-order valence-corrected chi connectivity index (χ4v) is 5.36. The normalized spacial score (nSPS) is 13.0. The zero-order valence-corrected chi connectivity index (χ0v) is 19.0. The van der Waals surface area contributed by atoms with Gasteiger partial charge in [0, 0.05) is 17.8 Å². The molecule has 0 saturated carbocycles. The van der Waals surface area contributed by atoms with Crippen molar-refractivity contribution in [3.63, 3.8) is 0 Å². The zero-order chi connectivity index (χ0) is 23.9. The van der Waals surface area contributed by atoms with Gasteiger partial charge in [0.15, 0.2) is 0 Å². The Morgan fingerprint density at radius 1 is 1.00 bits per heavy atom. The minimum atomic E-state index is -3.96. The summed E-state index contributed by atoms with van der Waals surface area (Å²) in [6.45, 7) is 0.185. The lowest BCUT2D eigenvalue weighted by Gasteiger charge is -2.20. The van der Waals surface area contributed by atoms with Crippen molar-refractivity contribution in [3.05, 3.63) is 87.2 Å². The van der Waals surface area contributed by atoms with Crippen LogP contribution in [0.1, 0.15) is 26.3 Å². The second kappa shape index (κ2) is 8.66. The summed E-state index contributed by atoms with van der Waals surface area (Å²) in [5.41, 5.74) is 0.776. The van der Waals surface area contributed by atoms with Crippen molar-refractivity contribution in [1.29, 1.82) is 0 Å². The Morgan fingerprint density at radius 2 is 1.76 bits per heavy atom. The number of nitrogens with one attached hydrogen (secondary N) is 1. The number of rotatable bonds is 5. The van der Waals surface area contributed by atoms with Gasteiger partial charge in [-0.1, -0.05) is 29.3 Å². The lowest BCUT2D eigenvalue weighted by molar-refractivity contribution is 0.0691. The highest BCUT2D eigenvalue weighted by Gasteiger charge is 2.32. The van der Waals surface area contributed by atoms with Crippen LogP contribution in [0.3, 0.4) is 0 Å². The summed E-state index contributed by atoms with van der Waals surface area (Å²) in [6.07, 6.45) is 0.458. The predicted octanol–water partition coefficient (Wildman–Crippen LogP) is 4.83. The number of carboxylic acids is 1. The maximum Gasteiger partial charge on any atom is 0.338 e. The topological polar surface area (TPSA) is 104 Å². The van der Waals surface area contributed by atoms with E-state index in [0.29, 0.717) is 12.1 Å². The number of carbonyl (C=O) groups excluding carboxylic acids is 1. The molecule has 1 amide bonds. The van der Waals surface area contributed by atoms with E-state index >= 15 is 0 Å². The predicted molar refractivity (Wildman–Crippen MR) is 122 cm³/mol. The summed E-state index contributed by atoms with van der Waals surface area (Å²) in [7, 11) is -3.96. The van der Waals surface area contributed by atoms with Crippen LogP contribution in [0.4, 0.5) is 15.8 Å². The first kappa shape index (κ1) is 23.0. The van der Waals surface area contributed by atoms with Gasteiger partial charge in [0.25, 0.3) is 15.9 Å². The van der Waals surface area contributed by atoms with E-state index in [0.717, 1.165) is 17.7 Å². The third-order valence-corrected chi connectivity index (χ3v) is 7.69. The Kier molecular flexibility index (Phi) is 6.04. The van der Waals surface area contributed by atoms with Crippen LogP contribution >= 0.6 is 23.2 Å². The monoisotopic (exact) mass is 508 g/mol. The number of anilines is 2. The van der Waals surface area contributed by atoms with E-state index in [9.17, 15) is 22.4 Å². The first-order chi connectivity index (χ1) is 15.6. The molecule has 0 saturated heterocycles. The molecule has 0 fully saturated rings. The van der Waals surface area contributed by atoms with Crippen molar-refractivity contribution < 1.29 is 27.5 Å². The Labute approximate surface area is 198 Å². The number of amides is 1. The number of sulfonamides is 1. The number of carbonyl (C=O) groups is 2. The maximum atomic E-state index is 13.9. The molecule has 1 heterocycles. The molecule has 33 heavy (non-hydrogen) atoms. The molecule has 7 nitrogen and oxygen atoms in total. The zero-order valence-electron chi connectivity index (χ0n) is 16.7. The molecule has 0 bridgehead atoms. The van der Waals surface area contributed by atoms with Gasteiger partial charge >= 0.3 is 5.97 Å². The van der Waals surface area contributed by atoms with Crippen molar-refractivity contribution >= 4 is 56.5 Å². The van der Waals surface area contributed by atoms with E-state index in [-0.39, 0.29) is 32.7 Å². The summed E-state index contributed by atoms with van der Waals surface area (Å²) < 4.78 is 41.5. The molecule has 0 atom stereocenters. The molecule has 3 aromatic carbocycles. The Balaban J connectivity index is 1.62. The van der Waals surface area contributed by atoms with Crippen LogP contribution in [-0.2, 0) is 16.4 Å². The highest BCUT2D eigenvalue weighted by atomic mass is 35.5. The van der Waals surface area contributed by atoms with E-state index in [2.05, 4.69) is 5.32 Å². The van der Waals surface area contributed by atoms with Gasteiger partial charge in [-0.2, -0.15) is 0 Å². The van der Waals surface area contributed by atoms with Gasteiger partial charge in [0.2, 0.25) is 0 Å². The molecule has 0 aromatic heterocycles. The molecule has 2 N–H and O–H groups in total. The minimum Gasteiger partial charge on any atom is -0.478 e. The number of hydrogen-bond acceptors (Lipinski definition) is 4. The van der Waals surface area contributed by atoms with Gasteiger partial charge in [0.1, 0.15) is 5.82 Å². The van der Waals surface area contributed by atoms with Gasteiger partial charge in [-0.25, -0.2) is 17.6 Å². The first-order valence-corrected chi connectivity index (χ1v) is 11.7. The van der Waals surface area contributed by atoms with Crippen molar-refractivity contribution in [1.82, 2.24) is 0 Å². The molecular formula is C22H15Cl2FN2O5S. The summed E-state index contributed by atoms with van der Waals surface area (Å²) in [6, 6.07) is 11.8. The fourth-order valence-electron chi connectivity index (χ4n) is 3.47. The highest BCUT2D eigenvalue weighted by molar-refractivity contribution is 7.92. The average Bonchev–Trinajstić information content (AvgIpc) is 3.19. The summed E-state index contributed by atoms with van der Waals surface area (Å²) in [4.78, 5) is 23.6. The molecule has 0 spiro atoms. The van der Waals surface area contributed by atoms with Gasteiger partial charge in [-0.05, 0) is 60.5 Å². The summed E-state index contributed by atoms with van der Waals surface area (Å²) >= 11 is 11.9. The van der Waals surface area contributed by atoms with Gasteiger partial charge in [-0.3, -0.25) is 9.10 Å². The molecular weight excluding hydrogens is 494 g/mol. The van der Waals surface area contributed by atoms with Crippen LogP contribution in [0.2, 0.25) is 10.0 Å². The summed E-state index contributed by atoms with van der Waals surface area (Å²) in [5.74, 6) is -3.03. The van der Waals surface area contributed by atoms with Crippen LogP contribution in [0, 0.1) is 5.82 Å². The minimum absolute atomic E-state index is 0.0337. The van der Waals surface area contributed by atoms with Crippen LogP contribution in [0.25, 0.3) is 0 Å². The molecule has 170 valence electrons. The van der Waals surface area contributed by atoms with Gasteiger partial charge in [-0.15, -0.1) is 0 Å². The van der Waals surface area contributed by atoms with E-state index in [1.54, 1.807) is 6.07 Å². The van der Waals surface area contributed by atoms with Crippen LogP contribution < -0.4 is 9.62 Å². The van der Waals surface area contributed by atoms with Crippen molar-refractivity contribution in [2.24, 2.45) is 0 Å². The molecule has 1 aliphatic heterocycles. The Bertz CT molecular complexity index is 1410. The largest absolute Gasteiger partial charge is 0.478 e. The number of hydrogen-bond donors (Lipinski definition) is 2. The van der Waals surface area contributed by atoms with Crippen molar-refractivity contribution in [2.45, 2.75) is 11.3 Å². The van der Waals surface area contributed by atoms with E-state index in [1.165, 1.54) is 40.7 Å². The number of aromatic carboxylic acids is 1. The highest BCUT2D eigenvalue weighted by Crippen LogP contribution is 2.35. The molecule has 11 heteroatoms. The van der Waals surface area contributed by atoms with E-state index in [1.807, 2.05) is 0 Å². The second-order valence-electron chi connectivity index (χ2n) is 7.20. The molecule has 3 aromatic rings. The average molecular weight is 509 g/mol. The second-order valence-corrected chi connectivity index (χ2v) is 9.88. The quantitative estimate of drug-likeness (QED) is 0.513. The number of fused-ring (bicyclic) bond motifs is 1. The SMILES string of the molecule is O=C(Nc1ccc(C(=O)O)c(F)c1)c1ccc2c(c1)N(S(=O)(=O)c1ccc(Cl)c(Cl)c1)CC2. The van der Waals surface area contributed by atoms with Crippen LogP contribution in [-0.4, -0.2) is 31.9 Å². The Morgan fingerprint density at radius 3 is 2.42 bits per heavy atom. The molecule has 0 radical (unpaired) electrons. The lowest BCUT2D eigenvalue weighted by Crippen LogP contribution is -2.29. The maximum absolute atomic E-state index is 13.9. The Hall–Kier alpha value is -3.14. The van der Waals surface area contributed by atoms with Crippen molar-refractivity contribution in [2.75, 3.05) is 16.2 Å². The number of halogens is 3. The lowest BCUT2D eigenvalue weighted by atomic mass is 10.1. The van der Waals surface area contributed by atoms with E-state index in [4.69, 9.17) is 28.3 Å². The molecule has 0 aliphatic carbocycles. The molecule has 0 unspecified atom stereocenters. The summed E-state index contributed by atoms with van der Waals surface area (Å²) in [5, 5.41) is 11.7. The molecule has 4 rings (SSSR count). The first-order valence-electron chi connectivity index (χ1n) is 9.53. The smallest absolute Gasteiger partial charge is 0.338 e. The van der Waals surface area contributed by atoms with Gasteiger partial charge in [0.05, 0.1) is 26.2 Å². The fraction of sp³-hybridized carbons (Fsp3) is 0.0909. The van der Waals surface area contributed by atoms with E-state index < -0.39 is 33.3 Å². The van der Waals surface area contributed by atoms with Crippen LogP contribution in [0.5, 0.6) is 0 Å². The number of benzene rings is 3. The van der Waals surface area contributed by atoms with Crippen LogP contribution in [0.15, 0.2) is 59.5 Å². The van der Waals surface area contributed by atoms with Gasteiger partial charge < -0.3 is 10.4 Å². The molecule has 1 aliphatic rings. The number of carboxylic acid groups (broad SMARTS) is 1. The number of nitrogens with zero attached hydrogens (tertiary/aromatic N) is 1.